The Bertz CT molecular complexity index is 258. The van der Waals surface area contributed by atoms with Gasteiger partial charge in [-0.25, -0.2) is 4.98 Å². The van der Waals surface area contributed by atoms with E-state index in [1.165, 1.54) is 5.56 Å². The van der Waals surface area contributed by atoms with Crippen LogP contribution in [0, 0.1) is 0 Å². The van der Waals surface area contributed by atoms with Crippen LogP contribution in [0.4, 0.5) is 0 Å². The van der Waals surface area contributed by atoms with Crippen LogP contribution in [0.2, 0.25) is 0 Å². The molecule has 0 atom stereocenters. The maximum atomic E-state index is 5.05. The Morgan fingerprint density at radius 1 is 1.25 bits per heavy atom. The number of aromatic nitrogens is 1. The maximum Gasteiger partial charge on any atom is 0.213 e. The van der Waals surface area contributed by atoms with Crippen molar-refractivity contribution in [3.8, 4) is 5.88 Å². The van der Waals surface area contributed by atoms with Gasteiger partial charge in [0.1, 0.15) is 0 Å². The number of pyridine rings is 1. The van der Waals surface area contributed by atoms with Gasteiger partial charge in [0, 0.05) is 11.8 Å². The third-order valence-electron chi connectivity index (χ3n) is 1.97. The van der Waals surface area contributed by atoms with Crippen molar-refractivity contribution in [2.24, 2.45) is 0 Å². The monoisotopic (exact) mass is 165 g/mol. The number of rotatable bonds is 3. The van der Waals surface area contributed by atoms with E-state index in [4.69, 9.17) is 4.74 Å². The number of nitrogens with zero attached hydrogens (tertiary/aromatic N) is 1. The summed E-state index contributed by atoms with van der Waals surface area (Å²) < 4.78 is 5.05. The van der Waals surface area contributed by atoms with Crippen molar-refractivity contribution < 1.29 is 4.74 Å². The summed E-state index contributed by atoms with van der Waals surface area (Å²) in [6.07, 6.45) is 2.01. The molecule has 2 heteroatoms. The second-order valence-electron chi connectivity index (χ2n) is 2.67. The van der Waals surface area contributed by atoms with Crippen LogP contribution in [-0.4, -0.2) is 12.1 Å². The van der Waals surface area contributed by atoms with Crippen LogP contribution in [0.25, 0.3) is 0 Å². The third-order valence-corrected chi connectivity index (χ3v) is 1.97. The van der Waals surface area contributed by atoms with Gasteiger partial charge in [0.15, 0.2) is 0 Å². The van der Waals surface area contributed by atoms with Gasteiger partial charge >= 0.3 is 0 Å². The first kappa shape index (κ1) is 9.04. The Kier molecular flexibility index (Phi) is 3.09. The Hall–Kier alpha value is -1.05. The molecule has 0 unspecified atom stereocenters. The van der Waals surface area contributed by atoms with Crippen molar-refractivity contribution >= 4 is 0 Å². The highest BCUT2D eigenvalue weighted by Crippen LogP contribution is 2.13. The van der Waals surface area contributed by atoms with E-state index in [9.17, 15) is 0 Å². The first-order valence-corrected chi connectivity index (χ1v) is 4.34. The summed E-state index contributed by atoms with van der Waals surface area (Å²) in [6, 6.07) is 4.00. The molecule has 0 amide bonds. The van der Waals surface area contributed by atoms with Gasteiger partial charge in [0.25, 0.3) is 0 Å². The Balaban J connectivity index is 3.02. The molecule has 12 heavy (non-hydrogen) atoms. The molecule has 0 N–H and O–H groups in total. The lowest BCUT2D eigenvalue weighted by atomic mass is 10.1. The molecule has 0 aromatic carbocycles. The first-order chi connectivity index (χ1) is 5.81. The van der Waals surface area contributed by atoms with Gasteiger partial charge < -0.3 is 4.74 Å². The summed E-state index contributed by atoms with van der Waals surface area (Å²) in [7, 11) is 1.65. The average Bonchev–Trinajstić information content (AvgIpc) is 2.16. The number of hydrogen-bond acceptors (Lipinski definition) is 2. The summed E-state index contributed by atoms with van der Waals surface area (Å²) in [6.45, 7) is 4.25. The van der Waals surface area contributed by atoms with Crippen molar-refractivity contribution in [1.29, 1.82) is 0 Å². The third kappa shape index (κ3) is 1.76. The molecular formula is C10H15NO. The molecule has 0 aliphatic carbocycles. The van der Waals surface area contributed by atoms with Gasteiger partial charge in [0.2, 0.25) is 5.88 Å². The fourth-order valence-electron chi connectivity index (χ4n) is 1.25. The highest BCUT2D eigenvalue weighted by atomic mass is 16.5. The molecule has 0 bridgehead atoms. The normalized spacial score (nSPS) is 9.92. The molecule has 1 rings (SSSR count). The predicted octanol–water partition coefficient (Wildman–Crippen LogP) is 2.21. The van der Waals surface area contributed by atoms with E-state index in [0.717, 1.165) is 18.5 Å². The molecule has 0 radical (unpaired) electrons. The number of aryl methyl sites for hydroxylation is 2. The molecule has 66 valence electrons. The van der Waals surface area contributed by atoms with Gasteiger partial charge in [-0.2, -0.15) is 0 Å². The maximum absolute atomic E-state index is 5.05. The number of methoxy groups -OCH3 is 1. The van der Waals surface area contributed by atoms with Crippen molar-refractivity contribution in [3.05, 3.63) is 23.4 Å². The lowest BCUT2D eigenvalue weighted by molar-refractivity contribution is 0.396. The topological polar surface area (TPSA) is 22.1 Å². The van der Waals surface area contributed by atoms with E-state index in [2.05, 4.69) is 24.9 Å². The molecule has 0 aliphatic rings. The minimum absolute atomic E-state index is 0.712. The molecule has 1 heterocycles. The highest BCUT2D eigenvalue weighted by Gasteiger charge is 2.01. The van der Waals surface area contributed by atoms with E-state index in [0.29, 0.717) is 5.88 Å². The smallest absolute Gasteiger partial charge is 0.213 e. The average molecular weight is 165 g/mol. The number of hydrogen-bond donors (Lipinski definition) is 0. The first-order valence-electron chi connectivity index (χ1n) is 4.34. The van der Waals surface area contributed by atoms with Crippen LogP contribution in [0.1, 0.15) is 25.1 Å². The molecule has 0 saturated heterocycles. The van der Waals surface area contributed by atoms with Crippen molar-refractivity contribution in [3.63, 3.8) is 0 Å². The van der Waals surface area contributed by atoms with Crippen molar-refractivity contribution in [2.45, 2.75) is 26.7 Å². The predicted molar refractivity (Wildman–Crippen MR) is 49.5 cm³/mol. The summed E-state index contributed by atoms with van der Waals surface area (Å²) in [5, 5.41) is 0. The molecular weight excluding hydrogens is 150 g/mol. The van der Waals surface area contributed by atoms with E-state index >= 15 is 0 Å². The van der Waals surface area contributed by atoms with Gasteiger partial charge in [0.05, 0.1) is 7.11 Å². The fourth-order valence-corrected chi connectivity index (χ4v) is 1.25. The molecule has 1 aromatic heterocycles. The van der Waals surface area contributed by atoms with Crippen LogP contribution in [0.3, 0.4) is 0 Å². The Morgan fingerprint density at radius 2 is 2.00 bits per heavy atom. The van der Waals surface area contributed by atoms with E-state index < -0.39 is 0 Å². The van der Waals surface area contributed by atoms with Crippen LogP contribution < -0.4 is 4.74 Å². The van der Waals surface area contributed by atoms with Crippen molar-refractivity contribution in [1.82, 2.24) is 4.98 Å². The van der Waals surface area contributed by atoms with Gasteiger partial charge in [-0.05, 0) is 18.4 Å². The van der Waals surface area contributed by atoms with Gasteiger partial charge in [-0.15, -0.1) is 0 Å². The minimum atomic E-state index is 0.712. The van der Waals surface area contributed by atoms with Gasteiger partial charge in [-0.3, -0.25) is 0 Å². The van der Waals surface area contributed by atoms with Gasteiger partial charge in [-0.1, -0.05) is 19.9 Å². The molecule has 1 aromatic rings. The van der Waals surface area contributed by atoms with Crippen molar-refractivity contribution in [2.75, 3.05) is 7.11 Å². The summed E-state index contributed by atoms with van der Waals surface area (Å²) in [5.74, 6) is 0.712. The van der Waals surface area contributed by atoms with E-state index in [1.807, 2.05) is 6.07 Å². The Labute approximate surface area is 73.6 Å². The molecule has 2 nitrogen and oxygen atoms in total. The highest BCUT2D eigenvalue weighted by molar-refractivity contribution is 5.25. The molecule has 0 aliphatic heterocycles. The quantitative estimate of drug-likeness (QED) is 0.685. The van der Waals surface area contributed by atoms with E-state index in [1.54, 1.807) is 7.11 Å². The van der Waals surface area contributed by atoms with Crippen LogP contribution >= 0.6 is 0 Å². The number of ether oxygens (including phenoxy) is 1. The SMILES string of the molecule is CCc1ccc(OC)nc1CC. The molecule has 0 spiro atoms. The molecule has 0 saturated carbocycles. The zero-order valence-electron chi connectivity index (χ0n) is 7.92. The zero-order chi connectivity index (χ0) is 8.97. The lowest BCUT2D eigenvalue weighted by Crippen LogP contribution is -1.97. The van der Waals surface area contributed by atoms with E-state index in [-0.39, 0.29) is 0 Å². The fraction of sp³-hybridized carbons (Fsp3) is 0.500. The van der Waals surface area contributed by atoms with Crippen LogP contribution in [0.15, 0.2) is 12.1 Å². The van der Waals surface area contributed by atoms with Crippen LogP contribution in [0.5, 0.6) is 5.88 Å². The molecule has 0 fully saturated rings. The summed E-state index contributed by atoms with van der Waals surface area (Å²) in [4.78, 5) is 4.36. The summed E-state index contributed by atoms with van der Waals surface area (Å²) >= 11 is 0. The standard InChI is InChI=1S/C10H15NO/c1-4-8-6-7-10(12-3)11-9(8)5-2/h6-7H,4-5H2,1-3H3. The Morgan fingerprint density at radius 3 is 2.50 bits per heavy atom. The minimum Gasteiger partial charge on any atom is -0.481 e. The largest absolute Gasteiger partial charge is 0.481 e. The van der Waals surface area contributed by atoms with Crippen LogP contribution in [-0.2, 0) is 12.8 Å². The second-order valence-corrected chi connectivity index (χ2v) is 2.67. The second kappa shape index (κ2) is 4.10. The summed E-state index contributed by atoms with van der Waals surface area (Å²) in [5.41, 5.74) is 2.47. The lowest BCUT2D eigenvalue weighted by Gasteiger charge is -2.06. The zero-order valence-corrected chi connectivity index (χ0v) is 7.92.